The Morgan fingerprint density at radius 2 is 2.25 bits per heavy atom. The van der Waals surface area contributed by atoms with Gasteiger partial charge in [-0.1, -0.05) is 11.6 Å². The lowest BCUT2D eigenvalue weighted by atomic mass is 10.1. The Hall–Kier alpha value is -2.67. The molecule has 20 heavy (non-hydrogen) atoms. The molecule has 7 nitrogen and oxygen atoms in total. The maximum atomic E-state index is 11.8. The molecule has 0 aliphatic heterocycles. The van der Waals surface area contributed by atoms with Crippen molar-refractivity contribution in [2.75, 3.05) is 0 Å². The summed E-state index contributed by atoms with van der Waals surface area (Å²) < 4.78 is 0. The van der Waals surface area contributed by atoms with Gasteiger partial charge in [0.05, 0.1) is 0 Å². The highest BCUT2D eigenvalue weighted by atomic mass is 35.5. The molecule has 100 valence electrons. The van der Waals surface area contributed by atoms with E-state index in [1.807, 2.05) is 0 Å². The van der Waals surface area contributed by atoms with E-state index in [0.29, 0.717) is 16.0 Å². The summed E-state index contributed by atoms with van der Waals surface area (Å²) in [7, 11) is 0. The van der Waals surface area contributed by atoms with Crippen LogP contribution < -0.4 is 0 Å². The van der Waals surface area contributed by atoms with E-state index in [9.17, 15) is 9.90 Å². The Labute approximate surface area is 117 Å². The zero-order valence-corrected chi connectivity index (χ0v) is 10.7. The first-order chi connectivity index (χ1) is 9.65. The molecule has 0 atom stereocenters. The predicted molar refractivity (Wildman–Crippen MR) is 72.4 cm³/mol. The van der Waals surface area contributed by atoms with Crippen molar-refractivity contribution in [3.8, 4) is 0 Å². The number of H-pyrrole nitrogens is 2. The molecule has 2 aromatic heterocycles. The van der Waals surface area contributed by atoms with Crippen molar-refractivity contribution in [2.45, 2.75) is 0 Å². The van der Waals surface area contributed by atoms with Crippen molar-refractivity contribution >= 4 is 34.0 Å². The van der Waals surface area contributed by atoms with Crippen LogP contribution in [0, 0.1) is 0 Å². The summed E-state index contributed by atoms with van der Waals surface area (Å²) in [6.45, 7) is 0. The number of hydrogen-bond acceptors (Lipinski definition) is 5. The van der Waals surface area contributed by atoms with Gasteiger partial charge in [-0.2, -0.15) is 5.21 Å². The number of aromatic nitrogens is 5. The van der Waals surface area contributed by atoms with Gasteiger partial charge in [-0.25, -0.2) is 0 Å². The lowest BCUT2D eigenvalue weighted by molar-refractivity contribution is 0.103. The average Bonchev–Trinajstić information content (AvgIpc) is 3.07. The van der Waals surface area contributed by atoms with Crippen LogP contribution in [0.5, 0.6) is 0 Å². The molecule has 0 unspecified atom stereocenters. The molecule has 0 saturated heterocycles. The number of tetrazole rings is 1. The summed E-state index contributed by atoms with van der Waals surface area (Å²) in [5, 5.41) is 23.9. The molecule has 3 N–H and O–H groups in total. The second-order valence-electron chi connectivity index (χ2n) is 4.02. The fourth-order valence-electron chi connectivity index (χ4n) is 1.84. The smallest absolute Gasteiger partial charge is 0.244 e. The van der Waals surface area contributed by atoms with Gasteiger partial charge in [-0.05, 0) is 23.4 Å². The fraction of sp³-hybridized carbons (Fsp3) is 0. The van der Waals surface area contributed by atoms with Gasteiger partial charge in [-0.15, -0.1) is 10.2 Å². The van der Waals surface area contributed by atoms with E-state index in [4.69, 9.17) is 11.6 Å². The van der Waals surface area contributed by atoms with E-state index in [1.54, 1.807) is 24.4 Å². The number of nitrogens with one attached hydrogen (secondary N) is 2. The molecule has 2 heterocycles. The van der Waals surface area contributed by atoms with E-state index >= 15 is 0 Å². The predicted octanol–water partition coefficient (Wildman–Crippen LogP) is 2.12. The lowest BCUT2D eigenvalue weighted by Crippen LogP contribution is -1.99. The molecular formula is C12H8ClN5O2. The number of aromatic amines is 2. The highest BCUT2D eigenvalue weighted by Crippen LogP contribution is 2.26. The van der Waals surface area contributed by atoms with Crippen molar-refractivity contribution < 1.29 is 9.90 Å². The minimum Gasteiger partial charge on any atom is -0.507 e. The maximum absolute atomic E-state index is 11.8. The molecule has 0 aliphatic carbocycles. The summed E-state index contributed by atoms with van der Waals surface area (Å²) in [5.41, 5.74) is 1.27. The number of carbonyl (C=O) groups excluding carboxylic acids is 1. The van der Waals surface area contributed by atoms with Crippen LogP contribution in [0.3, 0.4) is 0 Å². The number of ketones is 1. The summed E-state index contributed by atoms with van der Waals surface area (Å²) in [5.74, 6) is -0.865. The molecule has 0 aliphatic rings. The quantitative estimate of drug-likeness (QED) is 0.389. The largest absolute Gasteiger partial charge is 0.507 e. The van der Waals surface area contributed by atoms with Crippen LogP contribution in [0.1, 0.15) is 16.2 Å². The molecule has 0 spiro atoms. The van der Waals surface area contributed by atoms with Gasteiger partial charge in [0, 0.05) is 33.8 Å². The third kappa shape index (κ3) is 2.14. The molecule has 1 aromatic carbocycles. The van der Waals surface area contributed by atoms with Crippen LogP contribution in [0.15, 0.2) is 30.5 Å². The molecule has 0 amide bonds. The number of allylic oxidation sites excluding steroid dienone is 1. The number of nitrogens with zero attached hydrogens (tertiary/aromatic N) is 3. The molecule has 0 bridgehead atoms. The maximum Gasteiger partial charge on any atom is 0.244 e. The second-order valence-corrected chi connectivity index (χ2v) is 4.46. The van der Waals surface area contributed by atoms with Gasteiger partial charge >= 0.3 is 0 Å². The first-order valence-electron chi connectivity index (χ1n) is 5.60. The van der Waals surface area contributed by atoms with Gasteiger partial charge in [0.2, 0.25) is 11.6 Å². The van der Waals surface area contributed by atoms with E-state index in [0.717, 1.165) is 11.6 Å². The van der Waals surface area contributed by atoms with Gasteiger partial charge in [0.25, 0.3) is 0 Å². The van der Waals surface area contributed by atoms with Gasteiger partial charge in [0.15, 0.2) is 0 Å². The van der Waals surface area contributed by atoms with Crippen molar-refractivity contribution in [1.82, 2.24) is 25.6 Å². The highest BCUT2D eigenvalue weighted by molar-refractivity contribution is 6.31. The first-order valence-corrected chi connectivity index (χ1v) is 5.98. The minimum absolute atomic E-state index is 0.116. The van der Waals surface area contributed by atoms with Gasteiger partial charge in [0.1, 0.15) is 5.76 Å². The van der Waals surface area contributed by atoms with E-state index in [1.165, 1.54) is 0 Å². The van der Waals surface area contributed by atoms with Gasteiger partial charge in [-0.3, -0.25) is 4.79 Å². The summed E-state index contributed by atoms with van der Waals surface area (Å²) in [6.07, 6.45) is 2.63. The van der Waals surface area contributed by atoms with Crippen molar-refractivity contribution in [2.24, 2.45) is 0 Å². The fourth-order valence-corrected chi connectivity index (χ4v) is 2.01. The number of carbonyl (C=O) groups is 1. The molecular weight excluding hydrogens is 282 g/mol. The lowest BCUT2D eigenvalue weighted by Gasteiger charge is -1.98. The van der Waals surface area contributed by atoms with Crippen LogP contribution in [0.4, 0.5) is 0 Å². The molecule has 3 rings (SSSR count). The van der Waals surface area contributed by atoms with Crippen molar-refractivity contribution in [3.63, 3.8) is 0 Å². The average molecular weight is 290 g/mol. The summed E-state index contributed by atoms with van der Waals surface area (Å²) >= 11 is 5.92. The molecule has 3 aromatic rings. The van der Waals surface area contributed by atoms with Crippen molar-refractivity contribution in [1.29, 1.82) is 0 Å². The number of hydrogen-bond donors (Lipinski definition) is 3. The topological polar surface area (TPSA) is 108 Å². The number of rotatable bonds is 3. The Morgan fingerprint density at radius 3 is 3.00 bits per heavy atom. The van der Waals surface area contributed by atoms with E-state index < -0.39 is 5.78 Å². The second kappa shape index (κ2) is 4.78. The van der Waals surface area contributed by atoms with Crippen molar-refractivity contribution in [3.05, 3.63) is 46.9 Å². The molecule has 8 heteroatoms. The minimum atomic E-state index is -0.548. The van der Waals surface area contributed by atoms with Gasteiger partial charge < -0.3 is 10.1 Å². The standard InChI is InChI=1S/C12H8ClN5O2/c13-6-1-2-9-7(3-6)8(5-14-9)10(19)4-11(20)12-15-17-18-16-12/h1-5,14,19H,(H,15,16,17,18)/b10-4-. The number of benzene rings is 1. The number of halogens is 1. The van der Waals surface area contributed by atoms with E-state index in [2.05, 4.69) is 25.6 Å². The Balaban J connectivity index is 2.02. The Bertz CT molecular complexity index is 806. The third-order valence-corrected chi connectivity index (χ3v) is 2.99. The normalized spacial score (nSPS) is 11.9. The molecule has 0 saturated carbocycles. The van der Waals surface area contributed by atoms with Crippen LogP contribution in [0.25, 0.3) is 16.7 Å². The SMILES string of the molecule is O=C(/C=C(\O)c1c[nH]c2ccc(Cl)cc12)c1nn[nH]n1. The highest BCUT2D eigenvalue weighted by Gasteiger charge is 2.13. The summed E-state index contributed by atoms with van der Waals surface area (Å²) in [6, 6.07) is 5.22. The van der Waals surface area contributed by atoms with Crippen LogP contribution in [0.2, 0.25) is 5.02 Å². The first kappa shape index (κ1) is 12.4. The Morgan fingerprint density at radius 1 is 1.40 bits per heavy atom. The molecule has 0 fully saturated rings. The monoisotopic (exact) mass is 289 g/mol. The third-order valence-electron chi connectivity index (χ3n) is 2.75. The zero-order valence-electron chi connectivity index (χ0n) is 9.96. The van der Waals surface area contributed by atoms with Crippen LogP contribution in [-0.4, -0.2) is 36.5 Å². The Kier molecular flexibility index (Phi) is 2.96. The zero-order chi connectivity index (χ0) is 14.1. The molecule has 0 radical (unpaired) electrons. The van der Waals surface area contributed by atoms with Crippen LogP contribution >= 0.6 is 11.6 Å². The van der Waals surface area contributed by atoms with E-state index in [-0.39, 0.29) is 11.6 Å². The van der Waals surface area contributed by atoms with Crippen LogP contribution in [-0.2, 0) is 0 Å². The number of aliphatic hydroxyl groups is 1. The summed E-state index contributed by atoms with van der Waals surface area (Å²) in [4.78, 5) is 14.7. The number of fused-ring (bicyclic) bond motifs is 1. The number of aliphatic hydroxyl groups excluding tert-OH is 1.